The second-order valence-electron chi connectivity index (χ2n) is 5.17. The lowest BCUT2D eigenvalue weighted by Gasteiger charge is -2.34. The zero-order valence-corrected chi connectivity index (χ0v) is 12.9. The number of hydrogen-bond acceptors (Lipinski definition) is 6. The first-order chi connectivity index (χ1) is 10.7. The number of hydrogen-bond donors (Lipinski definition) is 0. The van der Waals surface area contributed by atoms with E-state index in [-0.39, 0.29) is 18.3 Å². The molecule has 1 aliphatic heterocycles. The first kappa shape index (κ1) is 14.7. The van der Waals surface area contributed by atoms with Crippen LogP contribution >= 0.6 is 11.3 Å². The maximum atomic E-state index is 12.2. The predicted molar refractivity (Wildman–Crippen MR) is 80.9 cm³/mol. The number of carbonyl (C=O) groups is 1. The van der Waals surface area contributed by atoms with Gasteiger partial charge in [-0.25, -0.2) is 9.67 Å². The highest BCUT2D eigenvalue weighted by atomic mass is 32.1. The van der Waals surface area contributed by atoms with Crippen LogP contribution in [-0.4, -0.2) is 56.7 Å². The average molecular weight is 316 g/mol. The van der Waals surface area contributed by atoms with Gasteiger partial charge in [-0.1, -0.05) is 0 Å². The summed E-state index contributed by atoms with van der Waals surface area (Å²) < 4.78 is 1.42. The van der Waals surface area contributed by atoms with Crippen molar-refractivity contribution in [1.82, 2.24) is 24.6 Å². The SMILES string of the molecule is N#Cc1ncn(CC(=O)N2CCN(Cc3ccsc3)CC2)n1. The molecule has 0 aromatic carbocycles. The van der Waals surface area contributed by atoms with E-state index in [0.717, 1.165) is 32.7 Å². The Bertz CT molecular complexity index is 666. The second-order valence-corrected chi connectivity index (χ2v) is 5.95. The van der Waals surface area contributed by atoms with Crippen LogP contribution in [0.1, 0.15) is 11.4 Å². The molecule has 0 radical (unpaired) electrons. The van der Waals surface area contributed by atoms with Crippen LogP contribution in [0.2, 0.25) is 0 Å². The first-order valence-electron chi connectivity index (χ1n) is 7.05. The summed E-state index contributed by atoms with van der Waals surface area (Å²) in [4.78, 5) is 20.2. The molecule has 3 rings (SSSR count). The number of nitriles is 1. The van der Waals surface area contributed by atoms with Gasteiger partial charge in [0.2, 0.25) is 5.91 Å². The van der Waals surface area contributed by atoms with E-state index in [1.807, 2.05) is 11.0 Å². The molecule has 2 aromatic rings. The molecule has 0 atom stereocenters. The van der Waals surface area contributed by atoms with Gasteiger partial charge in [-0.15, -0.1) is 5.10 Å². The molecular formula is C14H16N6OS. The number of rotatable bonds is 4. The lowest BCUT2D eigenvalue weighted by atomic mass is 10.2. The highest BCUT2D eigenvalue weighted by Gasteiger charge is 2.21. The summed E-state index contributed by atoms with van der Waals surface area (Å²) in [6, 6.07) is 3.99. The van der Waals surface area contributed by atoms with E-state index in [1.165, 1.54) is 16.6 Å². The van der Waals surface area contributed by atoms with Crippen molar-refractivity contribution in [3.05, 3.63) is 34.5 Å². The zero-order chi connectivity index (χ0) is 15.4. The minimum atomic E-state index is 0.0181. The molecule has 0 unspecified atom stereocenters. The molecule has 1 fully saturated rings. The fraction of sp³-hybridized carbons (Fsp3) is 0.429. The molecule has 114 valence electrons. The van der Waals surface area contributed by atoms with Crippen LogP contribution in [0, 0.1) is 11.3 Å². The lowest BCUT2D eigenvalue weighted by Crippen LogP contribution is -2.49. The minimum absolute atomic E-state index is 0.0181. The molecule has 1 aliphatic rings. The monoisotopic (exact) mass is 316 g/mol. The van der Waals surface area contributed by atoms with Gasteiger partial charge in [-0.3, -0.25) is 9.69 Å². The Morgan fingerprint density at radius 1 is 1.36 bits per heavy atom. The third-order valence-corrected chi connectivity index (χ3v) is 4.38. The molecule has 1 amide bonds. The Morgan fingerprint density at radius 3 is 2.82 bits per heavy atom. The molecule has 8 heteroatoms. The molecular weight excluding hydrogens is 300 g/mol. The molecule has 7 nitrogen and oxygen atoms in total. The predicted octanol–water partition coefficient (Wildman–Crippen LogP) is 0.556. The van der Waals surface area contributed by atoms with E-state index in [9.17, 15) is 4.79 Å². The molecule has 22 heavy (non-hydrogen) atoms. The minimum Gasteiger partial charge on any atom is -0.339 e. The highest BCUT2D eigenvalue weighted by molar-refractivity contribution is 7.07. The molecule has 1 saturated heterocycles. The molecule has 0 spiro atoms. The van der Waals surface area contributed by atoms with Gasteiger partial charge in [0.1, 0.15) is 18.9 Å². The number of aromatic nitrogens is 3. The van der Waals surface area contributed by atoms with Crippen LogP contribution in [0.15, 0.2) is 23.2 Å². The quantitative estimate of drug-likeness (QED) is 0.823. The van der Waals surface area contributed by atoms with E-state index in [2.05, 4.69) is 31.8 Å². The maximum Gasteiger partial charge on any atom is 0.252 e. The number of nitrogens with zero attached hydrogens (tertiary/aromatic N) is 6. The van der Waals surface area contributed by atoms with E-state index >= 15 is 0 Å². The smallest absolute Gasteiger partial charge is 0.252 e. The maximum absolute atomic E-state index is 12.2. The van der Waals surface area contributed by atoms with Crippen LogP contribution in [0.5, 0.6) is 0 Å². The molecule has 2 aromatic heterocycles. The van der Waals surface area contributed by atoms with Gasteiger partial charge in [0, 0.05) is 32.7 Å². The summed E-state index contributed by atoms with van der Waals surface area (Å²) in [5.41, 5.74) is 1.33. The lowest BCUT2D eigenvalue weighted by molar-refractivity contribution is -0.133. The third kappa shape index (κ3) is 3.50. The third-order valence-electron chi connectivity index (χ3n) is 3.65. The van der Waals surface area contributed by atoms with Crippen molar-refractivity contribution < 1.29 is 4.79 Å². The standard InChI is InChI=1S/C14H16N6OS/c15-7-13-16-11-20(17-13)9-14(21)19-4-2-18(3-5-19)8-12-1-6-22-10-12/h1,6,10-11H,2-5,8-9H2. The van der Waals surface area contributed by atoms with E-state index in [0.29, 0.717) is 0 Å². The number of amides is 1. The van der Waals surface area contributed by atoms with Crippen LogP contribution in [0.3, 0.4) is 0 Å². The second kappa shape index (κ2) is 6.68. The van der Waals surface area contributed by atoms with Gasteiger partial charge in [0.25, 0.3) is 5.82 Å². The van der Waals surface area contributed by atoms with Gasteiger partial charge in [-0.05, 0) is 22.4 Å². The Balaban J connectivity index is 1.48. The van der Waals surface area contributed by atoms with Crippen LogP contribution < -0.4 is 0 Å². The molecule has 3 heterocycles. The van der Waals surface area contributed by atoms with Crippen molar-refractivity contribution in [1.29, 1.82) is 5.26 Å². The average Bonchev–Trinajstić information content (AvgIpc) is 3.19. The normalized spacial score (nSPS) is 15.7. The fourth-order valence-corrected chi connectivity index (χ4v) is 3.12. The Labute approximate surface area is 132 Å². The van der Waals surface area contributed by atoms with Crippen LogP contribution in [0.4, 0.5) is 0 Å². The Morgan fingerprint density at radius 2 is 2.18 bits per heavy atom. The van der Waals surface area contributed by atoms with E-state index < -0.39 is 0 Å². The molecule has 0 aliphatic carbocycles. The summed E-state index contributed by atoms with van der Waals surface area (Å²) in [5, 5.41) is 16.8. The zero-order valence-electron chi connectivity index (χ0n) is 12.1. The molecule has 0 bridgehead atoms. The van der Waals surface area contributed by atoms with Gasteiger partial charge in [-0.2, -0.15) is 16.6 Å². The highest BCUT2D eigenvalue weighted by Crippen LogP contribution is 2.11. The van der Waals surface area contributed by atoms with Crippen molar-refractivity contribution in [3.63, 3.8) is 0 Å². The van der Waals surface area contributed by atoms with Gasteiger partial charge in [0.05, 0.1) is 0 Å². The Kier molecular flexibility index (Phi) is 4.46. The molecule has 0 saturated carbocycles. The van der Waals surface area contributed by atoms with Crippen molar-refractivity contribution in [2.24, 2.45) is 0 Å². The summed E-state index contributed by atoms with van der Waals surface area (Å²) >= 11 is 1.71. The number of carbonyl (C=O) groups excluding carboxylic acids is 1. The van der Waals surface area contributed by atoms with E-state index in [1.54, 1.807) is 11.3 Å². The van der Waals surface area contributed by atoms with Gasteiger partial charge in [0.15, 0.2) is 0 Å². The van der Waals surface area contributed by atoms with Crippen LogP contribution in [-0.2, 0) is 17.9 Å². The van der Waals surface area contributed by atoms with Gasteiger partial charge < -0.3 is 4.90 Å². The summed E-state index contributed by atoms with van der Waals surface area (Å²) in [5.74, 6) is 0.109. The first-order valence-corrected chi connectivity index (χ1v) is 7.99. The van der Waals surface area contributed by atoms with E-state index in [4.69, 9.17) is 5.26 Å². The summed E-state index contributed by atoms with van der Waals surface area (Å²) in [7, 11) is 0. The summed E-state index contributed by atoms with van der Waals surface area (Å²) in [6.45, 7) is 4.29. The summed E-state index contributed by atoms with van der Waals surface area (Å²) in [6.07, 6.45) is 1.42. The molecule has 0 N–H and O–H groups in total. The largest absolute Gasteiger partial charge is 0.339 e. The Hall–Kier alpha value is -2.24. The van der Waals surface area contributed by atoms with Gasteiger partial charge >= 0.3 is 0 Å². The van der Waals surface area contributed by atoms with Crippen molar-refractivity contribution >= 4 is 17.2 Å². The van der Waals surface area contributed by atoms with Crippen molar-refractivity contribution in [3.8, 4) is 6.07 Å². The van der Waals surface area contributed by atoms with Crippen molar-refractivity contribution in [2.45, 2.75) is 13.1 Å². The topological polar surface area (TPSA) is 78.0 Å². The van der Waals surface area contributed by atoms with Crippen LogP contribution in [0.25, 0.3) is 0 Å². The van der Waals surface area contributed by atoms with Crippen molar-refractivity contribution in [2.75, 3.05) is 26.2 Å². The fourth-order valence-electron chi connectivity index (χ4n) is 2.46. The number of piperazine rings is 1. The number of thiophene rings is 1.